The Hall–Kier alpha value is -2.33. The number of carbonyl (C=O) groups excluding carboxylic acids is 1. The maximum Gasteiger partial charge on any atom is 0.276 e. The molecular weight excluding hydrogens is 262 g/mol. The van der Waals surface area contributed by atoms with Gasteiger partial charge in [-0.25, -0.2) is 4.98 Å². The fourth-order valence-electron chi connectivity index (χ4n) is 1.40. The van der Waals surface area contributed by atoms with Gasteiger partial charge in [0.1, 0.15) is 22.5 Å². The smallest absolute Gasteiger partial charge is 0.276 e. The second-order valence-corrected chi connectivity index (χ2v) is 4.79. The van der Waals surface area contributed by atoms with Crippen LogP contribution in [0.3, 0.4) is 0 Å². The number of nitrogens with one attached hydrogen (secondary N) is 1. The molecule has 96 valence electrons. The lowest BCUT2D eigenvalue weighted by Gasteiger charge is -1.99. The van der Waals surface area contributed by atoms with E-state index in [-0.39, 0.29) is 11.4 Å². The van der Waals surface area contributed by atoms with Crippen LogP contribution in [-0.4, -0.2) is 21.1 Å². The maximum atomic E-state index is 11.9. The summed E-state index contributed by atoms with van der Waals surface area (Å²) in [6.45, 7) is 2.05. The second-order valence-electron chi connectivity index (χ2n) is 3.72. The first-order valence-corrected chi connectivity index (χ1v) is 6.55. The van der Waals surface area contributed by atoms with Gasteiger partial charge in [-0.15, -0.1) is 10.2 Å². The molecular formula is C12H11N5OS. The molecule has 0 spiro atoms. The highest BCUT2D eigenvalue weighted by Crippen LogP contribution is 2.17. The molecule has 2 rings (SSSR count). The number of anilines is 1. The standard InChI is InChI=1S/C12H11N5OS/c1-2-4-10-16-17-12(19-10)15-11(18)9-6-3-5-8(7-13)14-9/h3,5-6H,2,4H2,1H3,(H,15,17,18). The zero-order valence-electron chi connectivity index (χ0n) is 10.3. The van der Waals surface area contributed by atoms with E-state index in [1.165, 1.54) is 11.3 Å². The topological polar surface area (TPSA) is 91.6 Å². The van der Waals surface area contributed by atoms with Gasteiger partial charge in [0.05, 0.1) is 0 Å². The van der Waals surface area contributed by atoms with Gasteiger partial charge in [-0.3, -0.25) is 10.1 Å². The first-order valence-electron chi connectivity index (χ1n) is 5.74. The van der Waals surface area contributed by atoms with E-state index in [9.17, 15) is 4.79 Å². The number of carbonyl (C=O) groups is 1. The van der Waals surface area contributed by atoms with Crippen LogP contribution in [0.15, 0.2) is 18.2 Å². The van der Waals surface area contributed by atoms with Crippen molar-refractivity contribution in [3.05, 3.63) is 34.6 Å². The van der Waals surface area contributed by atoms with Crippen LogP contribution in [0, 0.1) is 11.3 Å². The summed E-state index contributed by atoms with van der Waals surface area (Å²) < 4.78 is 0. The Kier molecular flexibility index (Phi) is 4.15. The third kappa shape index (κ3) is 3.33. The molecule has 0 aliphatic carbocycles. The lowest BCUT2D eigenvalue weighted by molar-refractivity contribution is 0.102. The molecule has 0 aliphatic heterocycles. The first kappa shape index (κ1) is 13.1. The average molecular weight is 273 g/mol. The van der Waals surface area contributed by atoms with E-state index in [1.807, 2.05) is 6.07 Å². The summed E-state index contributed by atoms with van der Waals surface area (Å²) in [5, 5.41) is 20.5. The average Bonchev–Trinajstić information content (AvgIpc) is 2.86. The highest BCUT2D eigenvalue weighted by Gasteiger charge is 2.11. The Bertz CT molecular complexity index is 631. The molecule has 0 fully saturated rings. The Morgan fingerprint density at radius 1 is 1.47 bits per heavy atom. The summed E-state index contributed by atoms with van der Waals surface area (Å²) in [5.74, 6) is -0.392. The number of pyridine rings is 1. The molecule has 1 amide bonds. The molecule has 0 saturated carbocycles. The number of rotatable bonds is 4. The van der Waals surface area contributed by atoms with Gasteiger partial charge in [-0.1, -0.05) is 24.3 Å². The Morgan fingerprint density at radius 2 is 2.32 bits per heavy atom. The molecule has 2 aromatic heterocycles. The highest BCUT2D eigenvalue weighted by atomic mass is 32.1. The van der Waals surface area contributed by atoms with Gasteiger partial charge < -0.3 is 0 Å². The van der Waals surface area contributed by atoms with Crippen molar-refractivity contribution < 1.29 is 4.79 Å². The van der Waals surface area contributed by atoms with E-state index in [2.05, 4.69) is 27.4 Å². The SMILES string of the molecule is CCCc1nnc(NC(=O)c2cccc(C#N)n2)s1. The van der Waals surface area contributed by atoms with Crippen molar-refractivity contribution in [3.63, 3.8) is 0 Å². The minimum atomic E-state index is -0.392. The van der Waals surface area contributed by atoms with E-state index in [1.54, 1.807) is 18.2 Å². The van der Waals surface area contributed by atoms with Crippen LogP contribution in [0.4, 0.5) is 5.13 Å². The zero-order valence-corrected chi connectivity index (χ0v) is 11.1. The van der Waals surface area contributed by atoms with Crippen molar-refractivity contribution in [2.24, 2.45) is 0 Å². The van der Waals surface area contributed by atoms with E-state index >= 15 is 0 Å². The lowest BCUT2D eigenvalue weighted by Crippen LogP contribution is -2.13. The van der Waals surface area contributed by atoms with Crippen molar-refractivity contribution in [2.45, 2.75) is 19.8 Å². The molecule has 0 radical (unpaired) electrons. The largest absolute Gasteiger partial charge is 0.295 e. The molecule has 0 aromatic carbocycles. The number of nitrogens with zero attached hydrogens (tertiary/aromatic N) is 4. The predicted molar refractivity (Wildman–Crippen MR) is 70.8 cm³/mol. The van der Waals surface area contributed by atoms with Gasteiger partial charge in [-0.05, 0) is 18.6 Å². The number of aryl methyl sites for hydroxylation is 1. The van der Waals surface area contributed by atoms with Gasteiger partial charge >= 0.3 is 0 Å². The highest BCUT2D eigenvalue weighted by molar-refractivity contribution is 7.15. The van der Waals surface area contributed by atoms with Crippen molar-refractivity contribution >= 4 is 22.4 Å². The second kappa shape index (κ2) is 6.02. The summed E-state index contributed by atoms with van der Waals surface area (Å²) in [4.78, 5) is 15.8. The van der Waals surface area contributed by atoms with E-state index in [0.29, 0.717) is 5.13 Å². The van der Waals surface area contributed by atoms with Crippen LogP contribution in [0.2, 0.25) is 0 Å². The predicted octanol–water partition coefficient (Wildman–Crippen LogP) is 2.01. The normalized spacial score (nSPS) is 9.89. The molecule has 0 atom stereocenters. The third-order valence-corrected chi connectivity index (χ3v) is 3.15. The molecule has 2 heterocycles. The maximum absolute atomic E-state index is 11.9. The number of amides is 1. The summed E-state index contributed by atoms with van der Waals surface area (Å²) in [5.41, 5.74) is 0.392. The van der Waals surface area contributed by atoms with Crippen LogP contribution < -0.4 is 5.32 Å². The summed E-state index contributed by atoms with van der Waals surface area (Å²) in [6.07, 6.45) is 1.82. The number of hydrogen-bond donors (Lipinski definition) is 1. The van der Waals surface area contributed by atoms with E-state index in [0.717, 1.165) is 17.8 Å². The summed E-state index contributed by atoms with van der Waals surface area (Å²) in [6, 6.07) is 6.59. The molecule has 1 N–H and O–H groups in total. The molecule has 2 aromatic rings. The number of nitriles is 1. The van der Waals surface area contributed by atoms with E-state index < -0.39 is 5.91 Å². The lowest BCUT2D eigenvalue weighted by atomic mass is 10.3. The van der Waals surface area contributed by atoms with Gasteiger partial charge in [0.2, 0.25) is 5.13 Å². The van der Waals surface area contributed by atoms with Crippen molar-refractivity contribution in [2.75, 3.05) is 5.32 Å². The quantitative estimate of drug-likeness (QED) is 0.920. The van der Waals surface area contributed by atoms with Crippen molar-refractivity contribution in [1.82, 2.24) is 15.2 Å². The van der Waals surface area contributed by atoms with Crippen LogP contribution in [0.25, 0.3) is 0 Å². The molecule has 6 nitrogen and oxygen atoms in total. The van der Waals surface area contributed by atoms with Crippen molar-refractivity contribution in [3.8, 4) is 6.07 Å². The van der Waals surface area contributed by atoms with Crippen LogP contribution in [0.5, 0.6) is 0 Å². The third-order valence-electron chi connectivity index (χ3n) is 2.25. The van der Waals surface area contributed by atoms with Crippen LogP contribution >= 0.6 is 11.3 Å². The molecule has 0 saturated heterocycles. The van der Waals surface area contributed by atoms with Gasteiger partial charge in [-0.2, -0.15) is 5.26 Å². The minimum Gasteiger partial charge on any atom is -0.295 e. The zero-order chi connectivity index (χ0) is 13.7. The first-order chi connectivity index (χ1) is 9.22. The van der Waals surface area contributed by atoms with Gasteiger partial charge in [0.25, 0.3) is 5.91 Å². The molecule has 0 bridgehead atoms. The minimum absolute atomic E-state index is 0.186. The fraction of sp³-hybridized carbons (Fsp3) is 0.250. The number of hydrogen-bond acceptors (Lipinski definition) is 6. The van der Waals surface area contributed by atoms with E-state index in [4.69, 9.17) is 5.26 Å². The molecule has 0 aliphatic rings. The van der Waals surface area contributed by atoms with Crippen LogP contribution in [0.1, 0.15) is 34.5 Å². The fourth-order valence-corrected chi connectivity index (χ4v) is 2.24. The summed E-state index contributed by atoms with van der Waals surface area (Å²) >= 11 is 1.34. The van der Waals surface area contributed by atoms with Crippen molar-refractivity contribution in [1.29, 1.82) is 5.26 Å². The van der Waals surface area contributed by atoms with Crippen LogP contribution in [-0.2, 0) is 6.42 Å². The Labute approximate surface area is 114 Å². The number of aromatic nitrogens is 3. The molecule has 7 heteroatoms. The molecule has 19 heavy (non-hydrogen) atoms. The summed E-state index contributed by atoms with van der Waals surface area (Å²) in [7, 11) is 0. The molecule has 0 unspecified atom stereocenters. The Morgan fingerprint density at radius 3 is 3.05 bits per heavy atom. The Balaban J connectivity index is 2.09. The monoisotopic (exact) mass is 273 g/mol. The van der Waals surface area contributed by atoms with Gasteiger partial charge in [0, 0.05) is 6.42 Å². The van der Waals surface area contributed by atoms with Gasteiger partial charge in [0.15, 0.2) is 0 Å².